The van der Waals surface area contributed by atoms with Crippen LogP contribution in [0.25, 0.3) is 0 Å². The monoisotopic (exact) mass is 379 g/mol. The zero-order valence-electron chi connectivity index (χ0n) is 12.9. The molecule has 0 saturated heterocycles. The average molecular weight is 380 g/mol. The molecule has 2 aromatic carbocycles. The Kier molecular flexibility index (Phi) is 6.49. The van der Waals surface area contributed by atoms with Crippen LogP contribution in [0.4, 0.5) is 0 Å². The van der Waals surface area contributed by atoms with Gasteiger partial charge in [-0.15, -0.1) is 11.8 Å². The fraction of sp³-hybridized carbons (Fsp3) is 0.111. The largest absolute Gasteiger partial charge is 0.393 e. The van der Waals surface area contributed by atoms with Gasteiger partial charge in [0.2, 0.25) is 5.78 Å². The molecular weight excluding hydrogens is 365 g/mol. The predicted molar refractivity (Wildman–Crippen MR) is 100 cm³/mol. The van der Waals surface area contributed by atoms with E-state index in [-0.39, 0.29) is 21.2 Å². The molecule has 0 aliphatic carbocycles. The fourth-order valence-corrected chi connectivity index (χ4v) is 3.45. The topological polar surface area (TPSA) is 60.2 Å². The van der Waals surface area contributed by atoms with E-state index in [4.69, 9.17) is 28.9 Å². The van der Waals surface area contributed by atoms with Crippen LogP contribution >= 0.6 is 35.0 Å². The van der Waals surface area contributed by atoms with Crippen molar-refractivity contribution in [3.8, 4) is 0 Å². The van der Waals surface area contributed by atoms with Crippen molar-refractivity contribution in [3.05, 3.63) is 80.3 Å². The highest BCUT2D eigenvalue weighted by molar-refractivity contribution is 8.02. The molecule has 0 amide bonds. The minimum absolute atomic E-state index is 0.0554. The zero-order valence-corrected chi connectivity index (χ0v) is 15.2. The van der Waals surface area contributed by atoms with E-state index in [1.54, 1.807) is 6.07 Å². The number of thioether (sulfide) groups is 1. The Balaban J connectivity index is 2.29. The van der Waals surface area contributed by atoms with Gasteiger partial charge >= 0.3 is 0 Å². The first-order chi connectivity index (χ1) is 11.4. The summed E-state index contributed by atoms with van der Waals surface area (Å²) in [4.78, 5) is 24.6. The highest BCUT2D eigenvalue weighted by Crippen LogP contribution is 2.27. The quantitative estimate of drug-likeness (QED) is 0.336. The van der Waals surface area contributed by atoms with Gasteiger partial charge in [0, 0.05) is 16.3 Å². The van der Waals surface area contributed by atoms with Crippen LogP contribution in [0.1, 0.15) is 22.8 Å². The van der Waals surface area contributed by atoms with E-state index in [2.05, 4.69) is 0 Å². The summed E-state index contributed by atoms with van der Waals surface area (Å²) in [5.74, 6) is -0.336. The third kappa shape index (κ3) is 4.63. The lowest BCUT2D eigenvalue weighted by Crippen LogP contribution is -2.16. The third-order valence-corrected chi connectivity index (χ3v) is 4.78. The van der Waals surface area contributed by atoms with Crippen LogP contribution in [0, 0.1) is 0 Å². The molecule has 2 aromatic rings. The number of benzene rings is 2. The van der Waals surface area contributed by atoms with Crippen molar-refractivity contribution in [2.75, 3.05) is 0 Å². The number of carbonyl (C=O) groups excluding carboxylic acids is 2. The molecule has 2 rings (SSSR count). The molecule has 0 spiro atoms. The number of halogens is 2. The maximum Gasteiger partial charge on any atom is 0.200 e. The third-order valence-electron chi connectivity index (χ3n) is 3.24. The van der Waals surface area contributed by atoms with Crippen molar-refractivity contribution in [1.29, 1.82) is 0 Å². The van der Waals surface area contributed by atoms with Crippen molar-refractivity contribution in [3.63, 3.8) is 0 Å². The van der Waals surface area contributed by atoms with Crippen molar-refractivity contribution < 1.29 is 9.59 Å². The van der Waals surface area contributed by atoms with Crippen LogP contribution in [0.15, 0.2) is 59.1 Å². The summed E-state index contributed by atoms with van der Waals surface area (Å²) in [6.07, 6.45) is 0. The molecular formula is C18H15Cl2NO2S. The molecule has 0 unspecified atom stereocenters. The number of ketones is 2. The van der Waals surface area contributed by atoms with E-state index in [0.717, 1.165) is 5.56 Å². The Hall–Kier alpha value is -1.75. The van der Waals surface area contributed by atoms with Crippen LogP contribution in [-0.4, -0.2) is 11.6 Å². The highest BCUT2D eigenvalue weighted by atomic mass is 35.5. The van der Waals surface area contributed by atoms with E-state index >= 15 is 0 Å². The maximum atomic E-state index is 12.7. The number of hydrogen-bond acceptors (Lipinski definition) is 4. The van der Waals surface area contributed by atoms with Gasteiger partial charge in [-0.25, -0.2) is 0 Å². The minimum Gasteiger partial charge on any atom is -0.393 e. The van der Waals surface area contributed by atoms with Crippen LogP contribution in [0.2, 0.25) is 10.0 Å². The molecule has 0 heterocycles. The first kappa shape index (κ1) is 18.6. The summed E-state index contributed by atoms with van der Waals surface area (Å²) < 4.78 is 0. The SMILES string of the molecule is CC(=O)C(C(=O)c1ccc(Cl)cc1Cl)=C(N)SCc1ccccc1. The molecule has 0 aliphatic heterocycles. The maximum absolute atomic E-state index is 12.7. The first-order valence-electron chi connectivity index (χ1n) is 7.07. The summed E-state index contributed by atoms with van der Waals surface area (Å²) in [5.41, 5.74) is 7.21. The van der Waals surface area contributed by atoms with Gasteiger partial charge in [-0.2, -0.15) is 0 Å². The summed E-state index contributed by atoms with van der Waals surface area (Å²) >= 11 is 13.1. The molecule has 6 heteroatoms. The summed E-state index contributed by atoms with van der Waals surface area (Å²) in [6.45, 7) is 1.31. The van der Waals surface area contributed by atoms with E-state index in [1.807, 2.05) is 30.3 Å². The lowest BCUT2D eigenvalue weighted by atomic mass is 10.0. The normalized spacial score (nSPS) is 11.8. The van der Waals surface area contributed by atoms with Gasteiger partial charge in [0.1, 0.15) is 0 Å². The van der Waals surface area contributed by atoms with Gasteiger partial charge in [0.05, 0.1) is 15.6 Å². The number of nitrogens with two attached hydrogens (primary N) is 1. The zero-order chi connectivity index (χ0) is 17.7. The van der Waals surface area contributed by atoms with Gasteiger partial charge in [-0.3, -0.25) is 9.59 Å². The highest BCUT2D eigenvalue weighted by Gasteiger charge is 2.22. The van der Waals surface area contributed by atoms with Crippen LogP contribution in [0.5, 0.6) is 0 Å². The molecule has 0 aliphatic rings. The first-order valence-corrected chi connectivity index (χ1v) is 8.81. The second-order valence-electron chi connectivity index (χ2n) is 5.02. The molecule has 3 nitrogen and oxygen atoms in total. The smallest absolute Gasteiger partial charge is 0.200 e. The van der Waals surface area contributed by atoms with Crippen molar-refractivity contribution in [1.82, 2.24) is 0 Å². The summed E-state index contributed by atoms with van der Waals surface area (Å²) in [6, 6.07) is 14.1. The van der Waals surface area contributed by atoms with Gasteiger partial charge in [-0.05, 0) is 30.7 Å². The molecule has 0 saturated carbocycles. The number of Topliss-reactive ketones (excluding diaryl/α,β-unsaturated/α-hetero) is 2. The van der Waals surface area contributed by atoms with Gasteiger partial charge in [-0.1, -0.05) is 53.5 Å². The Labute approximate surface area is 154 Å². The Morgan fingerprint density at radius 1 is 1.08 bits per heavy atom. The molecule has 2 N–H and O–H groups in total. The lowest BCUT2D eigenvalue weighted by molar-refractivity contribution is -0.113. The van der Waals surface area contributed by atoms with Gasteiger partial charge in [0.25, 0.3) is 0 Å². The Bertz CT molecular complexity index is 804. The number of rotatable bonds is 6. The molecule has 0 bridgehead atoms. The standard InChI is InChI=1S/C18H15Cl2NO2S/c1-11(22)16(17(23)14-8-7-13(19)9-15(14)20)18(21)24-10-12-5-3-2-4-6-12/h2-9H,10,21H2,1H3. The van der Waals surface area contributed by atoms with Crippen molar-refractivity contribution in [2.45, 2.75) is 12.7 Å². The lowest BCUT2D eigenvalue weighted by Gasteiger charge is -2.10. The molecule has 124 valence electrons. The Morgan fingerprint density at radius 3 is 2.33 bits per heavy atom. The van der Waals surface area contributed by atoms with Gasteiger partial charge in [0.15, 0.2) is 5.78 Å². The van der Waals surface area contributed by atoms with Crippen molar-refractivity contribution >= 4 is 46.5 Å². The second kappa shape index (κ2) is 8.38. The molecule has 0 aromatic heterocycles. The summed E-state index contributed by atoms with van der Waals surface area (Å²) in [5, 5.41) is 0.783. The van der Waals surface area contributed by atoms with E-state index < -0.39 is 11.6 Å². The molecule has 0 fully saturated rings. The predicted octanol–water partition coefficient (Wildman–Crippen LogP) is 4.87. The summed E-state index contributed by atoms with van der Waals surface area (Å²) in [7, 11) is 0. The van der Waals surface area contributed by atoms with E-state index in [1.165, 1.54) is 30.8 Å². The van der Waals surface area contributed by atoms with Crippen molar-refractivity contribution in [2.24, 2.45) is 5.73 Å². The molecule has 0 radical (unpaired) electrons. The minimum atomic E-state index is -0.498. The van der Waals surface area contributed by atoms with Crippen LogP contribution in [-0.2, 0) is 10.5 Å². The van der Waals surface area contributed by atoms with E-state index in [0.29, 0.717) is 10.8 Å². The van der Waals surface area contributed by atoms with Crippen LogP contribution < -0.4 is 5.73 Å². The Morgan fingerprint density at radius 2 is 1.75 bits per heavy atom. The fourth-order valence-electron chi connectivity index (χ4n) is 2.06. The second-order valence-corrected chi connectivity index (χ2v) is 6.88. The number of carbonyl (C=O) groups is 2. The molecule has 0 atom stereocenters. The average Bonchev–Trinajstić information content (AvgIpc) is 2.53. The van der Waals surface area contributed by atoms with E-state index in [9.17, 15) is 9.59 Å². The number of allylic oxidation sites excluding steroid dienone is 1. The van der Waals surface area contributed by atoms with Crippen LogP contribution in [0.3, 0.4) is 0 Å². The molecule has 24 heavy (non-hydrogen) atoms. The van der Waals surface area contributed by atoms with Gasteiger partial charge < -0.3 is 5.73 Å². The number of hydrogen-bond donors (Lipinski definition) is 1.